The van der Waals surface area contributed by atoms with Crippen molar-refractivity contribution in [3.05, 3.63) is 36.0 Å². The second-order valence-corrected chi connectivity index (χ2v) is 3.61. The molecule has 2 rings (SSSR count). The van der Waals surface area contributed by atoms with Gasteiger partial charge in [0, 0.05) is 11.7 Å². The van der Waals surface area contributed by atoms with Crippen LogP contribution in [0, 0.1) is 0 Å². The molecule has 2 nitrogen and oxygen atoms in total. The molecule has 0 spiro atoms. The Bertz CT molecular complexity index is 403. The van der Waals surface area contributed by atoms with E-state index in [1.165, 1.54) is 22.9 Å². The average Bonchev–Trinajstić information content (AvgIpc) is 2.65. The third-order valence-electron chi connectivity index (χ3n) is 2.51. The Kier molecular flexibility index (Phi) is 2.84. The summed E-state index contributed by atoms with van der Waals surface area (Å²) in [6.45, 7) is 1.09. The molecule has 0 aliphatic heterocycles. The van der Waals surface area contributed by atoms with E-state index in [4.69, 9.17) is 0 Å². The SMILES string of the molecule is CNCCCc1ccc2[nH]ccc2c1. The van der Waals surface area contributed by atoms with Crippen LogP contribution >= 0.6 is 0 Å². The molecule has 1 heterocycles. The summed E-state index contributed by atoms with van der Waals surface area (Å²) in [5.74, 6) is 0. The maximum atomic E-state index is 3.20. The molecular weight excluding hydrogens is 172 g/mol. The van der Waals surface area contributed by atoms with Crippen LogP contribution in [0.15, 0.2) is 30.5 Å². The van der Waals surface area contributed by atoms with E-state index in [9.17, 15) is 0 Å². The fourth-order valence-electron chi connectivity index (χ4n) is 1.73. The lowest BCUT2D eigenvalue weighted by molar-refractivity contribution is 0.725. The van der Waals surface area contributed by atoms with E-state index in [1.54, 1.807) is 0 Å². The van der Waals surface area contributed by atoms with Crippen LogP contribution in [-0.2, 0) is 6.42 Å². The zero-order valence-corrected chi connectivity index (χ0v) is 8.51. The molecule has 74 valence electrons. The van der Waals surface area contributed by atoms with Crippen LogP contribution in [0.1, 0.15) is 12.0 Å². The maximum Gasteiger partial charge on any atom is 0.0454 e. The Morgan fingerprint density at radius 2 is 2.21 bits per heavy atom. The molecule has 0 aliphatic carbocycles. The van der Waals surface area contributed by atoms with Crippen LogP contribution in [0.3, 0.4) is 0 Å². The lowest BCUT2D eigenvalue weighted by atomic mass is 10.1. The summed E-state index contributed by atoms with van der Waals surface area (Å²) in [6.07, 6.45) is 4.34. The molecule has 2 N–H and O–H groups in total. The van der Waals surface area contributed by atoms with Crippen molar-refractivity contribution >= 4 is 10.9 Å². The first kappa shape index (κ1) is 9.28. The molecule has 0 aliphatic rings. The number of H-pyrrole nitrogens is 1. The minimum Gasteiger partial charge on any atom is -0.361 e. The summed E-state index contributed by atoms with van der Waals surface area (Å²) in [4.78, 5) is 3.20. The summed E-state index contributed by atoms with van der Waals surface area (Å²) in [7, 11) is 2.00. The van der Waals surface area contributed by atoms with Gasteiger partial charge in [0.1, 0.15) is 0 Å². The van der Waals surface area contributed by atoms with Gasteiger partial charge in [0.15, 0.2) is 0 Å². The molecular formula is C12H16N2. The summed E-state index contributed by atoms with van der Waals surface area (Å²) in [6, 6.07) is 8.75. The number of rotatable bonds is 4. The van der Waals surface area contributed by atoms with Crippen LogP contribution in [-0.4, -0.2) is 18.6 Å². The molecule has 0 radical (unpaired) electrons. The predicted molar refractivity (Wildman–Crippen MR) is 60.5 cm³/mol. The van der Waals surface area contributed by atoms with Crippen LogP contribution in [0.4, 0.5) is 0 Å². The number of hydrogen-bond donors (Lipinski definition) is 2. The van der Waals surface area contributed by atoms with Crippen molar-refractivity contribution in [3.63, 3.8) is 0 Å². The van der Waals surface area contributed by atoms with Crippen LogP contribution < -0.4 is 5.32 Å². The van der Waals surface area contributed by atoms with Gasteiger partial charge < -0.3 is 10.3 Å². The normalized spacial score (nSPS) is 10.9. The first-order valence-corrected chi connectivity index (χ1v) is 5.11. The molecule has 2 heteroatoms. The largest absolute Gasteiger partial charge is 0.361 e. The highest BCUT2D eigenvalue weighted by molar-refractivity contribution is 5.79. The first-order chi connectivity index (χ1) is 6.90. The molecule has 0 fully saturated rings. The first-order valence-electron chi connectivity index (χ1n) is 5.11. The van der Waals surface area contributed by atoms with Crippen molar-refractivity contribution in [3.8, 4) is 0 Å². The molecule has 1 aromatic heterocycles. The monoisotopic (exact) mass is 188 g/mol. The number of hydrogen-bond acceptors (Lipinski definition) is 1. The van der Waals surface area contributed by atoms with Gasteiger partial charge in [0.25, 0.3) is 0 Å². The van der Waals surface area contributed by atoms with E-state index in [1.807, 2.05) is 13.2 Å². The number of fused-ring (bicyclic) bond motifs is 1. The number of nitrogens with one attached hydrogen (secondary N) is 2. The molecule has 0 saturated carbocycles. The predicted octanol–water partition coefficient (Wildman–Crippen LogP) is 2.32. The van der Waals surface area contributed by atoms with Gasteiger partial charge in [-0.2, -0.15) is 0 Å². The number of benzene rings is 1. The molecule has 0 amide bonds. The van der Waals surface area contributed by atoms with Gasteiger partial charge >= 0.3 is 0 Å². The van der Waals surface area contributed by atoms with Crippen molar-refractivity contribution < 1.29 is 0 Å². The molecule has 2 aromatic rings. The van der Waals surface area contributed by atoms with E-state index >= 15 is 0 Å². The number of aromatic nitrogens is 1. The maximum absolute atomic E-state index is 3.20. The van der Waals surface area contributed by atoms with Crippen molar-refractivity contribution in [1.82, 2.24) is 10.3 Å². The third kappa shape index (κ3) is 1.96. The average molecular weight is 188 g/mol. The summed E-state index contributed by atoms with van der Waals surface area (Å²) in [5, 5.41) is 4.48. The number of aryl methyl sites for hydroxylation is 1. The summed E-state index contributed by atoms with van der Waals surface area (Å²) < 4.78 is 0. The molecule has 0 unspecified atom stereocenters. The van der Waals surface area contributed by atoms with E-state index in [0.717, 1.165) is 13.0 Å². The Morgan fingerprint density at radius 1 is 1.29 bits per heavy atom. The van der Waals surface area contributed by atoms with Crippen molar-refractivity contribution in [2.75, 3.05) is 13.6 Å². The van der Waals surface area contributed by atoms with Gasteiger partial charge in [0.2, 0.25) is 0 Å². The molecule has 1 aromatic carbocycles. The smallest absolute Gasteiger partial charge is 0.0454 e. The van der Waals surface area contributed by atoms with Crippen molar-refractivity contribution in [2.24, 2.45) is 0 Å². The fraction of sp³-hybridized carbons (Fsp3) is 0.333. The highest BCUT2D eigenvalue weighted by Crippen LogP contribution is 2.15. The highest BCUT2D eigenvalue weighted by Gasteiger charge is 1.96. The Labute approximate surface area is 84.3 Å². The van der Waals surface area contributed by atoms with Crippen LogP contribution in [0.2, 0.25) is 0 Å². The topological polar surface area (TPSA) is 27.8 Å². The molecule has 0 atom stereocenters. The van der Waals surface area contributed by atoms with E-state index in [2.05, 4.69) is 34.6 Å². The van der Waals surface area contributed by atoms with Crippen molar-refractivity contribution in [2.45, 2.75) is 12.8 Å². The van der Waals surface area contributed by atoms with E-state index in [-0.39, 0.29) is 0 Å². The van der Waals surface area contributed by atoms with Crippen LogP contribution in [0.25, 0.3) is 10.9 Å². The quantitative estimate of drug-likeness (QED) is 0.708. The van der Waals surface area contributed by atoms with Gasteiger partial charge in [-0.1, -0.05) is 6.07 Å². The summed E-state index contributed by atoms with van der Waals surface area (Å²) >= 11 is 0. The zero-order chi connectivity index (χ0) is 9.80. The second-order valence-electron chi connectivity index (χ2n) is 3.61. The van der Waals surface area contributed by atoms with Gasteiger partial charge in [-0.3, -0.25) is 0 Å². The second kappa shape index (κ2) is 4.29. The Hall–Kier alpha value is -1.28. The minimum absolute atomic E-state index is 1.09. The minimum atomic E-state index is 1.09. The standard InChI is InChI=1S/C12H16N2/c1-13-7-2-3-10-4-5-12-11(9-10)6-8-14-12/h4-6,8-9,13-14H,2-3,7H2,1H3. The van der Waals surface area contributed by atoms with E-state index in [0.29, 0.717) is 0 Å². The van der Waals surface area contributed by atoms with Gasteiger partial charge in [-0.15, -0.1) is 0 Å². The highest BCUT2D eigenvalue weighted by atomic mass is 14.8. The molecule has 14 heavy (non-hydrogen) atoms. The van der Waals surface area contributed by atoms with E-state index < -0.39 is 0 Å². The lowest BCUT2D eigenvalue weighted by Crippen LogP contribution is -2.08. The molecule has 0 saturated heterocycles. The van der Waals surface area contributed by atoms with Gasteiger partial charge in [-0.05, 0) is 55.6 Å². The Morgan fingerprint density at radius 3 is 3.07 bits per heavy atom. The van der Waals surface area contributed by atoms with Gasteiger partial charge in [-0.25, -0.2) is 0 Å². The van der Waals surface area contributed by atoms with Crippen LogP contribution in [0.5, 0.6) is 0 Å². The lowest BCUT2D eigenvalue weighted by Gasteiger charge is -2.01. The Balaban J connectivity index is 2.10. The molecule has 0 bridgehead atoms. The fourth-order valence-corrected chi connectivity index (χ4v) is 1.73. The van der Waals surface area contributed by atoms with Gasteiger partial charge in [0.05, 0.1) is 0 Å². The zero-order valence-electron chi connectivity index (χ0n) is 8.51. The number of aromatic amines is 1. The summed E-state index contributed by atoms with van der Waals surface area (Å²) in [5.41, 5.74) is 2.65. The van der Waals surface area contributed by atoms with Crippen molar-refractivity contribution in [1.29, 1.82) is 0 Å². The third-order valence-corrected chi connectivity index (χ3v) is 2.51.